The fraction of sp³-hybridized carbons (Fsp3) is 0.214. The monoisotopic (exact) mass is 345 g/mol. The number of hydrogen-bond acceptors (Lipinski definition) is 4. The number of halogens is 2. The molecule has 0 saturated heterocycles. The number of anilines is 1. The third kappa shape index (κ3) is 4.84. The summed E-state index contributed by atoms with van der Waals surface area (Å²) in [6.45, 7) is 0. The number of amides is 3. The van der Waals surface area contributed by atoms with Gasteiger partial charge in [-0.1, -0.05) is 12.1 Å². The molecule has 0 atom stereocenters. The molecule has 120 valence electrons. The van der Waals surface area contributed by atoms with E-state index in [4.69, 9.17) is 5.84 Å². The largest absolute Gasteiger partial charge is 0.294 e. The van der Waals surface area contributed by atoms with E-state index in [1.54, 1.807) is 12.1 Å². The highest BCUT2D eigenvalue weighted by molar-refractivity contribution is 6.28. The number of benzene rings is 1. The Bertz CT molecular complexity index is 555. The Kier molecular flexibility index (Phi) is 8.40. The minimum atomic E-state index is -0.331. The summed E-state index contributed by atoms with van der Waals surface area (Å²) < 4.78 is 0. The zero-order chi connectivity index (χ0) is 14.5. The molecule has 0 aliphatic carbocycles. The van der Waals surface area contributed by atoms with Gasteiger partial charge in [0.25, 0.3) is 11.8 Å². The highest BCUT2D eigenvalue weighted by atomic mass is 35.5. The molecule has 2 rings (SSSR count). The normalized spacial score (nSPS) is 12.7. The van der Waals surface area contributed by atoms with Gasteiger partial charge in [-0.2, -0.15) is 0 Å². The molecule has 8 heteroatoms. The second-order valence-electron chi connectivity index (χ2n) is 4.43. The van der Waals surface area contributed by atoms with E-state index < -0.39 is 0 Å². The predicted octanol–water partition coefficient (Wildman–Crippen LogP) is 1.27. The summed E-state index contributed by atoms with van der Waals surface area (Å²) in [5, 5.41) is 0. The number of carbonyl (C=O) groups excluding carboxylic acids is 3. The van der Waals surface area contributed by atoms with Crippen LogP contribution in [0.3, 0.4) is 0 Å². The maximum absolute atomic E-state index is 11.5. The minimum absolute atomic E-state index is 0. The van der Waals surface area contributed by atoms with Gasteiger partial charge in [0.1, 0.15) is 0 Å². The van der Waals surface area contributed by atoms with Crippen LogP contribution < -0.4 is 16.2 Å². The third-order valence-electron chi connectivity index (χ3n) is 3.03. The molecule has 1 heterocycles. The fourth-order valence-corrected chi connectivity index (χ4v) is 1.99. The molecule has 1 aromatic carbocycles. The van der Waals surface area contributed by atoms with Crippen molar-refractivity contribution in [2.24, 2.45) is 5.84 Å². The van der Waals surface area contributed by atoms with Gasteiger partial charge in [-0.3, -0.25) is 19.8 Å². The molecular weight excluding hydrogens is 329 g/mol. The van der Waals surface area contributed by atoms with Crippen LogP contribution in [0.5, 0.6) is 0 Å². The van der Waals surface area contributed by atoms with Crippen LogP contribution in [0.15, 0.2) is 36.4 Å². The maximum atomic E-state index is 11.5. The topological polar surface area (TPSA) is 92.5 Å². The zero-order valence-electron chi connectivity index (χ0n) is 11.7. The number of rotatable bonds is 5. The molecule has 1 aliphatic rings. The quantitative estimate of drug-likeness (QED) is 0.363. The van der Waals surface area contributed by atoms with Crippen molar-refractivity contribution < 1.29 is 14.4 Å². The van der Waals surface area contributed by atoms with Gasteiger partial charge in [0, 0.05) is 18.6 Å². The van der Waals surface area contributed by atoms with E-state index in [9.17, 15) is 14.4 Å². The first-order valence-corrected chi connectivity index (χ1v) is 6.26. The molecule has 0 saturated carbocycles. The number of nitrogens with zero attached hydrogens (tertiary/aromatic N) is 1. The van der Waals surface area contributed by atoms with Gasteiger partial charge in [-0.25, -0.2) is 10.7 Å². The van der Waals surface area contributed by atoms with Crippen molar-refractivity contribution in [1.29, 1.82) is 0 Å². The average Bonchev–Trinajstić information content (AvgIpc) is 2.79. The Hall–Kier alpha value is -1.89. The van der Waals surface area contributed by atoms with Gasteiger partial charge in [-0.15, -0.1) is 24.8 Å². The first kappa shape index (κ1) is 20.1. The van der Waals surface area contributed by atoms with E-state index in [1.807, 2.05) is 12.1 Å². The van der Waals surface area contributed by atoms with Crippen LogP contribution >= 0.6 is 24.8 Å². The number of hydrazine groups is 1. The summed E-state index contributed by atoms with van der Waals surface area (Å²) in [6, 6.07) is 7.13. The summed E-state index contributed by atoms with van der Waals surface area (Å²) in [4.78, 5) is 35.1. The van der Waals surface area contributed by atoms with E-state index in [-0.39, 0.29) is 42.5 Å². The maximum Gasteiger partial charge on any atom is 0.258 e. The molecule has 0 bridgehead atoms. The second-order valence-corrected chi connectivity index (χ2v) is 4.43. The van der Waals surface area contributed by atoms with Gasteiger partial charge in [0.15, 0.2) is 0 Å². The lowest BCUT2D eigenvalue weighted by molar-refractivity contribution is -0.121. The summed E-state index contributed by atoms with van der Waals surface area (Å²) in [6.07, 6.45) is 4.29. The summed E-state index contributed by atoms with van der Waals surface area (Å²) in [7, 11) is 0. The van der Waals surface area contributed by atoms with Crippen LogP contribution in [-0.4, -0.2) is 17.7 Å². The molecule has 3 amide bonds. The van der Waals surface area contributed by atoms with Crippen molar-refractivity contribution in [1.82, 2.24) is 5.43 Å². The van der Waals surface area contributed by atoms with Crippen molar-refractivity contribution in [2.45, 2.75) is 19.3 Å². The first-order valence-electron chi connectivity index (χ1n) is 6.26. The summed E-state index contributed by atoms with van der Waals surface area (Å²) >= 11 is 0. The van der Waals surface area contributed by atoms with Crippen molar-refractivity contribution in [2.75, 3.05) is 4.90 Å². The Morgan fingerprint density at radius 2 is 1.59 bits per heavy atom. The molecule has 6 nitrogen and oxygen atoms in total. The van der Waals surface area contributed by atoms with Gasteiger partial charge in [0.05, 0.1) is 5.69 Å². The lowest BCUT2D eigenvalue weighted by Gasteiger charge is -2.14. The third-order valence-corrected chi connectivity index (χ3v) is 3.03. The van der Waals surface area contributed by atoms with Gasteiger partial charge in [0.2, 0.25) is 5.91 Å². The Morgan fingerprint density at radius 3 is 2.09 bits per heavy atom. The lowest BCUT2D eigenvalue weighted by Crippen LogP contribution is -2.29. The summed E-state index contributed by atoms with van der Waals surface area (Å²) in [5.41, 5.74) is 3.66. The molecular formula is C14H17Cl2N3O3. The van der Waals surface area contributed by atoms with E-state index in [0.717, 1.165) is 16.9 Å². The fourth-order valence-electron chi connectivity index (χ4n) is 1.99. The summed E-state index contributed by atoms with van der Waals surface area (Å²) in [5.74, 6) is 4.14. The Morgan fingerprint density at radius 1 is 1.05 bits per heavy atom. The van der Waals surface area contributed by atoms with E-state index in [2.05, 4.69) is 5.43 Å². The molecule has 22 heavy (non-hydrogen) atoms. The number of nitrogens with two attached hydrogens (primary N) is 1. The molecule has 0 radical (unpaired) electrons. The zero-order valence-corrected chi connectivity index (χ0v) is 13.3. The van der Waals surface area contributed by atoms with Crippen LogP contribution in [0.2, 0.25) is 0 Å². The van der Waals surface area contributed by atoms with E-state index >= 15 is 0 Å². The molecule has 1 aliphatic heterocycles. The average molecular weight is 346 g/mol. The highest BCUT2D eigenvalue weighted by Gasteiger charge is 2.24. The predicted molar refractivity (Wildman–Crippen MR) is 87.8 cm³/mol. The smallest absolute Gasteiger partial charge is 0.258 e. The molecule has 3 N–H and O–H groups in total. The number of nitrogens with one attached hydrogen (secondary N) is 1. The highest BCUT2D eigenvalue weighted by Crippen LogP contribution is 2.20. The molecule has 0 fully saturated rings. The van der Waals surface area contributed by atoms with Crippen LogP contribution in [0.25, 0.3) is 0 Å². The minimum Gasteiger partial charge on any atom is -0.294 e. The second kappa shape index (κ2) is 9.19. The van der Waals surface area contributed by atoms with Crippen LogP contribution in [-0.2, 0) is 20.8 Å². The van der Waals surface area contributed by atoms with Gasteiger partial charge < -0.3 is 0 Å². The Labute approximate surface area is 140 Å². The molecule has 0 spiro atoms. The van der Waals surface area contributed by atoms with Crippen molar-refractivity contribution in [3.63, 3.8) is 0 Å². The van der Waals surface area contributed by atoms with E-state index in [1.165, 1.54) is 12.2 Å². The van der Waals surface area contributed by atoms with Crippen molar-refractivity contribution in [3.05, 3.63) is 42.0 Å². The van der Waals surface area contributed by atoms with Crippen molar-refractivity contribution in [3.8, 4) is 0 Å². The van der Waals surface area contributed by atoms with Crippen LogP contribution in [0.4, 0.5) is 5.69 Å². The van der Waals surface area contributed by atoms with Gasteiger partial charge in [-0.05, 0) is 30.5 Å². The SMILES string of the molecule is Cl.Cl.NNC(=O)CCCc1ccc(N2C(=O)C=CC2=O)cc1. The molecule has 1 aromatic rings. The van der Waals surface area contributed by atoms with E-state index in [0.29, 0.717) is 18.5 Å². The number of imide groups is 1. The molecule has 0 unspecified atom stereocenters. The van der Waals surface area contributed by atoms with Crippen molar-refractivity contribution >= 4 is 48.2 Å². The number of carbonyl (C=O) groups is 3. The Balaban J connectivity index is 0.00000220. The van der Waals surface area contributed by atoms with Gasteiger partial charge >= 0.3 is 0 Å². The number of hydrogen-bond donors (Lipinski definition) is 2. The first-order chi connectivity index (χ1) is 9.61. The van der Waals surface area contributed by atoms with Crippen LogP contribution in [0.1, 0.15) is 18.4 Å². The van der Waals surface area contributed by atoms with Crippen LogP contribution in [0, 0.1) is 0 Å². The molecule has 0 aromatic heterocycles. The standard InChI is InChI=1S/C14H15N3O3.2ClH/c15-16-12(18)3-1-2-10-4-6-11(7-5-10)17-13(19)8-9-14(17)20;;/h4-9H,1-3,15H2,(H,16,18);2*1H. The lowest BCUT2D eigenvalue weighted by atomic mass is 10.1. The number of aryl methyl sites for hydroxylation is 1.